The molecule has 0 unspecified atom stereocenters. The maximum Gasteiger partial charge on any atom is 0.256 e. The quantitative estimate of drug-likeness (QED) is 0.696. The largest absolute Gasteiger partial charge is 0.321 e. The van der Waals surface area contributed by atoms with Crippen LogP contribution in [0.2, 0.25) is 0 Å². The van der Waals surface area contributed by atoms with Crippen molar-refractivity contribution in [2.45, 2.75) is 4.90 Å². The highest BCUT2D eigenvalue weighted by Gasteiger charge is 2.25. The lowest BCUT2D eigenvalue weighted by atomic mass is 10.0. The number of rotatable bonds is 2. The predicted octanol–water partition coefficient (Wildman–Crippen LogP) is 2.98. The Balaban J connectivity index is 1.85. The van der Waals surface area contributed by atoms with E-state index in [1.54, 1.807) is 12.1 Å². The zero-order chi connectivity index (χ0) is 17.6. The van der Waals surface area contributed by atoms with Crippen molar-refractivity contribution in [1.82, 2.24) is 0 Å². The van der Waals surface area contributed by atoms with Crippen molar-refractivity contribution in [3.63, 3.8) is 0 Å². The molecule has 0 saturated heterocycles. The van der Waals surface area contributed by atoms with Crippen LogP contribution in [0, 0.1) is 0 Å². The van der Waals surface area contributed by atoms with Gasteiger partial charge in [-0.15, -0.1) is 0 Å². The molecule has 3 aromatic carbocycles. The molecule has 0 saturated carbocycles. The Morgan fingerprint density at radius 3 is 2.44 bits per heavy atom. The molecule has 25 heavy (non-hydrogen) atoms. The van der Waals surface area contributed by atoms with Crippen LogP contribution in [0.4, 0.5) is 5.69 Å². The number of anilines is 1. The number of fused-ring (bicyclic) bond motifs is 2. The Morgan fingerprint density at radius 2 is 1.68 bits per heavy atom. The fraction of sp³-hybridized carbons (Fsp3) is 0. The highest BCUT2D eigenvalue weighted by molar-refractivity contribution is 7.89. The maximum atomic E-state index is 12.3. The first-order chi connectivity index (χ1) is 11.9. The molecule has 0 radical (unpaired) electrons. The smallest absolute Gasteiger partial charge is 0.256 e. The molecule has 124 valence electrons. The third-order valence-electron chi connectivity index (χ3n) is 4.19. The van der Waals surface area contributed by atoms with Gasteiger partial charge in [-0.2, -0.15) is 0 Å². The highest BCUT2D eigenvalue weighted by atomic mass is 32.2. The van der Waals surface area contributed by atoms with Crippen molar-refractivity contribution in [2.24, 2.45) is 5.14 Å². The van der Waals surface area contributed by atoms with Gasteiger partial charge in [-0.05, 0) is 46.7 Å². The van der Waals surface area contributed by atoms with Crippen molar-refractivity contribution in [2.75, 3.05) is 5.32 Å². The van der Waals surface area contributed by atoms with Gasteiger partial charge in [0.1, 0.15) is 0 Å². The van der Waals surface area contributed by atoms with E-state index in [9.17, 15) is 13.2 Å². The van der Waals surface area contributed by atoms with Crippen LogP contribution in [-0.2, 0) is 14.8 Å². The minimum Gasteiger partial charge on any atom is -0.321 e. The average Bonchev–Trinajstić information content (AvgIpc) is 2.89. The third-order valence-corrected chi connectivity index (χ3v) is 5.10. The number of primary sulfonamides is 1. The summed E-state index contributed by atoms with van der Waals surface area (Å²) >= 11 is 0. The highest BCUT2D eigenvalue weighted by Crippen LogP contribution is 2.34. The molecule has 0 aromatic heterocycles. The summed E-state index contributed by atoms with van der Waals surface area (Å²) in [6.45, 7) is 0. The van der Waals surface area contributed by atoms with Gasteiger partial charge in [0.05, 0.1) is 4.90 Å². The first-order valence-electron chi connectivity index (χ1n) is 7.61. The summed E-state index contributed by atoms with van der Waals surface area (Å²) in [7, 11) is -3.83. The van der Waals surface area contributed by atoms with Crippen molar-refractivity contribution in [3.05, 3.63) is 71.8 Å². The fourth-order valence-electron chi connectivity index (χ4n) is 2.95. The standard InChI is InChI=1S/C19H14N2O3S/c20-25(23,24)15-7-8-18-16(11-15)17(19(22)21-18)10-12-5-6-13-3-1-2-4-14(13)9-12/h1-11H,(H,21,22)(H2,20,23,24). The van der Waals surface area contributed by atoms with Gasteiger partial charge < -0.3 is 5.32 Å². The van der Waals surface area contributed by atoms with E-state index in [0.29, 0.717) is 16.8 Å². The number of nitrogens with one attached hydrogen (secondary N) is 1. The first-order valence-corrected chi connectivity index (χ1v) is 9.15. The van der Waals surface area contributed by atoms with Crippen LogP contribution in [0.3, 0.4) is 0 Å². The van der Waals surface area contributed by atoms with Crippen LogP contribution in [0.25, 0.3) is 22.4 Å². The molecule has 5 nitrogen and oxygen atoms in total. The summed E-state index contributed by atoms with van der Waals surface area (Å²) in [5.74, 6) is -0.269. The van der Waals surface area contributed by atoms with Gasteiger partial charge >= 0.3 is 0 Å². The summed E-state index contributed by atoms with van der Waals surface area (Å²) in [5, 5.41) is 10.1. The molecule has 3 N–H and O–H groups in total. The zero-order valence-electron chi connectivity index (χ0n) is 13.1. The molecular weight excluding hydrogens is 336 g/mol. The van der Waals surface area contributed by atoms with Gasteiger partial charge in [0.15, 0.2) is 0 Å². The molecular formula is C19H14N2O3S. The Bertz CT molecular complexity index is 1160. The lowest BCUT2D eigenvalue weighted by Crippen LogP contribution is -2.12. The normalized spacial score (nSPS) is 15.4. The number of sulfonamides is 1. The molecule has 1 aliphatic heterocycles. The lowest BCUT2D eigenvalue weighted by molar-refractivity contribution is -0.110. The SMILES string of the molecule is NS(=O)(=O)c1ccc2c(c1)C(=Cc1ccc3ccccc3c1)C(=O)N2. The first kappa shape index (κ1) is 15.6. The molecule has 3 aromatic rings. The average molecular weight is 350 g/mol. The molecule has 0 aliphatic carbocycles. The van der Waals surface area contributed by atoms with Crippen molar-refractivity contribution in [3.8, 4) is 0 Å². The van der Waals surface area contributed by atoms with Gasteiger partial charge in [0.2, 0.25) is 10.0 Å². The Morgan fingerprint density at radius 1 is 0.920 bits per heavy atom. The van der Waals surface area contributed by atoms with Gasteiger partial charge in [0, 0.05) is 16.8 Å². The monoisotopic (exact) mass is 350 g/mol. The van der Waals surface area contributed by atoms with Crippen molar-refractivity contribution in [1.29, 1.82) is 0 Å². The van der Waals surface area contributed by atoms with E-state index < -0.39 is 10.0 Å². The summed E-state index contributed by atoms with van der Waals surface area (Å²) in [4.78, 5) is 12.3. The molecule has 0 atom stereocenters. The number of benzene rings is 3. The molecule has 0 bridgehead atoms. The van der Waals surface area contributed by atoms with Gasteiger partial charge in [-0.3, -0.25) is 4.79 Å². The Kier molecular flexibility index (Phi) is 3.45. The zero-order valence-corrected chi connectivity index (χ0v) is 13.9. The van der Waals surface area contributed by atoms with Crippen molar-refractivity contribution < 1.29 is 13.2 Å². The summed E-state index contributed by atoms with van der Waals surface area (Å²) in [6.07, 6.45) is 1.75. The van der Waals surface area contributed by atoms with Gasteiger partial charge in [-0.1, -0.05) is 36.4 Å². The van der Waals surface area contributed by atoms with Crippen LogP contribution in [-0.4, -0.2) is 14.3 Å². The maximum absolute atomic E-state index is 12.3. The number of nitrogens with two attached hydrogens (primary N) is 1. The van der Waals surface area contributed by atoms with Crippen LogP contribution in [0.1, 0.15) is 11.1 Å². The van der Waals surface area contributed by atoms with Crippen LogP contribution >= 0.6 is 0 Å². The molecule has 0 spiro atoms. The molecule has 6 heteroatoms. The van der Waals surface area contributed by atoms with E-state index in [4.69, 9.17) is 5.14 Å². The van der Waals surface area contributed by atoms with Gasteiger partial charge in [0.25, 0.3) is 5.91 Å². The number of amides is 1. The van der Waals surface area contributed by atoms with E-state index in [0.717, 1.165) is 16.3 Å². The van der Waals surface area contributed by atoms with E-state index in [1.165, 1.54) is 12.1 Å². The number of hydrogen-bond acceptors (Lipinski definition) is 3. The van der Waals surface area contributed by atoms with E-state index in [-0.39, 0.29) is 10.8 Å². The summed E-state index contributed by atoms with van der Waals surface area (Å²) in [5.41, 5.74) is 2.38. The lowest BCUT2D eigenvalue weighted by Gasteiger charge is -2.03. The molecule has 4 rings (SSSR count). The number of carbonyl (C=O) groups is 1. The minimum absolute atomic E-state index is 0.0211. The van der Waals surface area contributed by atoms with E-state index >= 15 is 0 Å². The molecule has 1 aliphatic rings. The number of hydrogen-bond donors (Lipinski definition) is 2. The van der Waals surface area contributed by atoms with Crippen LogP contribution in [0.15, 0.2) is 65.6 Å². The van der Waals surface area contributed by atoms with Crippen LogP contribution in [0.5, 0.6) is 0 Å². The third kappa shape index (κ3) is 2.82. The predicted molar refractivity (Wildman–Crippen MR) is 98.3 cm³/mol. The van der Waals surface area contributed by atoms with E-state index in [1.807, 2.05) is 42.5 Å². The fourth-order valence-corrected chi connectivity index (χ4v) is 3.49. The topological polar surface area (TPSA) is 89.3 Å². The summed E-state index contributed by atoms with van der Waals surface area (Å²) < 4.78 is 23.2. The second-order valence-corrected chi connectivity index (χ2v) is 7.43. The molecule has 1 heterocycles. The molecule has 1 amide bonds. The molecule has 0 fully saturated rings. The van der Waals surface area contributed by atoms with Crippen LogP contribution < -0.4 is 10.5 Å². The summed E-state index contributed by atoms with van der Waals surface area (Å²) in [6, 6.07) is 18.2. The number of carbonyl (C=O) groups excluding carboxylic acids is 1. The second kappa shape index (κ2) is 5.54. The second-order valence-electron chi connectivity index (χ2n) is 5.87. The van der Waals surface area contributed by atoms with Gasteiger partial charge in [-0.25, -0.2) is 13.6 Å². The minimum atomic E-state index is -3.83. The van der Waals surface area contributed by atoms with E-state index in [2.05, 4.69) is 5.32 Å². The van der Waals surface area contributed by atoms with Crippen molar-refractivity contribution >= 4 is 44.0 Å². The Labute approximate surface area is 144 Å². The Hall–Kier alpha value is -2.96.